The quantitative estimate of drug-likeness (QED) is 0.906. The average molecular weight is 321 g/mol. The molecule has 1 aromatic carbocycles. The average Bonchev–Trinajstić information content (AvgIpc) is 2.51. The van der Waals surface area contributed by atoms with Gasteiger partial charge in [-0.15, -0.1) is 0 Å². The molecule has 1 aromatic rings. The van der Waals surface area contributed by atoms with E-state index in [0.29, 0.717) is 18.4 Å². The second kappa shape index (κ2) is 8.65. The van der Waals surface area contributed by atoms with Gasteiger partial charge < -0.3 is 10.1 Å². The number of carbonyl (C=O) groups is 2. The minimum atomic E-state index is -0.680. The number of hydrogen-bond donors (Lipinski definition) is 1. The number of benzene rings is 1. The van der Waals surface area contributed by atoms with E-state index in [0.717, 1.165) is 25.7 Å². The Labute approximate surface area is 136 Å². The van der Waals surface area contributed by atoms with E-state index in [9.17, 15) is 14.0 Å². The highest BCUT2D eigenvalue weighted by atomic mass is 19.1. The van der Waals surface area contributed by atoms with Gasteiger partial charge in [0.15, 0.2) is 0 Å². The summed E-state index contributed by atoms with van der Waals surface area (Å²) in [5.41, 5.74) is 0.347. The fourth-order valence-corrected chi connectivity index (χ4v) is 3.14. The van der Waals surface area contributed by atoms with Crippen LogP contribution in [0.25, 0.3) is 0 Å². The Kier molecular flexibility index (Phi) is 6.56. The number of hydrogen-bond acceptors (Lipinski definition) is 3. The van der Waals surface area contributed by atoms with E-state index >= 15 is 0 Å². The van der Waals surface area contributed by atoms with Crippen LogP contribution in [0.5, 0.6) is 0 Å². The lowest BCUT2D eigenvalue weighted by Gasteiger charge is -2.28. The van der Waals surface area contributed by atoms with Gasteiger partial charge in [0.05, 0.1) is 12.6 Å². The lowest BCUT2D eigenvalue weighted by molar-refractivity contribution is -0.124. The summed E-state index contributed by atoms with van der Waals surface area (Å²) in [5.74, 6) is -0.726. The van der Waals surface area contributed by atoms with Crippen LogP contribution < -0.4 is 5.32 Å². The van der Waals surface area contributed by atoms with E-state index < -0.39 is 23.9 Å². The molecule has 0 bridgehead atoms. The standard InChI is InChI=1S/C18H24FNO3/c1-2-23-18(22)20-17(13-9-7-8-11-15(13)19)14-10-5-3-4-6-12-16(14)21/h7-9,11,14,17H,2-6,10,12H2,1H3,(H,20,22)/t14-,17-/m1/s1. The van der Waals surface area contributed by atoms with Crippen LogP contribution in [0.1, 0.15) is 57.1 Å². The van der Waals surface area contributed by atoms with Crippen molar-refractivity contribution in [3.63, 3.8) is 0 Å². The minimum Gasteiger partial charge on any atom is -0.450 e. The van der Waals surface area contributed by atoms with Gasteiger partial charge in [-0.1, -0.05) is 37.5 Å². The highest BCUT2D eigenvalue weighted by molar-refractivity contribution is 5.82. The molecule has 1 aliphatic carbocycles. The van der Waals surface area contributed by atoms with Gasteiger partial charge in [0.25, 0.3) is 0 Å². The molecule has 2 rings (SSSR count). The molecule has 0 unspecified atom stereocenters. The molecule has 0 aromatic heterocycles. The van der Waals surface area contributed by atoms with E-state index in [4.69, 9.17) is 4.74 Å². The maximum absolute atomic E-state index is 14.2. The molecular weight excluding hydrogens is 297 g/mol. The molecular formula is C18H24FNO3. The van der Waals surface area contributed by atoms with Crippen molar-refractivity contribution < 1.29 is 18.7 Å². The first-order valence-corrected chi connectivity index (χ1v) is 8.34. The Morgan fingerprint density at radius 3 is 2.78 bits per heavy atom. The van der Waals surface area contributed by atoms with Crippen LogP contribution in [0.15, 0.2) is 24.3 Å². The normalized spacial score (nSPS) is 20.3. The van der Waals surface area contributed by atoms with Gasteiger partial charge in [-0.25, -0.2) is 9.18 Å². The third-order valence-corrected chi connectivity index (χ3v) is 4.29. The number of nitrogens with one attached hydrogen (secondary N) is 1. The first kappa shape index (κ1) is 17.4. The molecule has 0 heterocycles. The number of alkyl carbamates (subject to hydrolysis) is 1. The van der Waals surface area contributed by atoms with Crippen molar-refractivity contribution in [1.29, 1.82) is 0 Å². The topological polar surface area (TPSA) is 55.4 Å². The zero-order chi connectivity index (χ0) is 16.7. The van der Waals surface area contributed by atoms with Gasteiger partial charge in [0.2, 0.25) is 0 Å². The van der Waals surface area contributed by atoms with Crippen LogP contribution in [-0.2, 0) is 9.53 Å². The zero-order valence-corrected chi connectivity index (χ0v) is 13.5. The van der Waals surface area contributed by atoms with Crippen molar-refractivity contribution in [2.75, 3.05) is 6.61 Å². The summed E-state index contributed by atoms with van der Waals surface area (Å²) in [5, 5.41) is 2.70. The molecule has 5 heteroatoms. The van der Waals surface area contributed by atoms with Crippen LogP contribution in [0.4, 0.5) is 9.18 Å². The summed E-state index contributed by atoms with van der Waals surface area (Å²) >= 11 is 0. The van der Waals surface area contributed by atoms with Crippen molar-refractivity contribution in [3.05, 3.63) is 35.6 Å². The van der Waals surface area contributed by atoms with Crippen LogP contribution in [0, 0.1) is 11.7 Å². The molecule has 4 nitrogen and oxygen atoms in total. The summed E-state index contributed by atoms with van der Waals surface area (Å²) in [6.45, 7) is 1.94. The smallest absolute Gasteiger partial charge is 0.407 e. The number of amides is 1. The lowest BCUT2D eigenvalue weighted by atomic mass is 9.82. The molecule has 1 amide bonds. The summed E-state index contributed by atoms with van der Waals surface area (Å²) in [7, 11) is 0. The molecule has 0 saturated heterocycles. The van der Waals surface area contributed by atoms with Crippen LogP contribution in [-0.4, -0.2) is 18.5 Å². The Bertz CT molecular complexity index is 547. The molecule has 1 fully saturated rings. The Balaban J connectivity index is 2.29. The second-order valence-corrected chi connectivity index (χ2v) is 5.89. The van der Waals surface area contributed by atoms with Crippen LogP contribution in [0.2, 0.25) is 0 Å². The van der Waals surface area contributed by atoms with Gasteiger partial charge in [0.1, 0.15) is 11.6 Å². The fourth-order valence-electron chi connectivity index (χ4n) is 3.14. The maximum Gasteiger partial charge on any atom is 0.407 e. The zero-order valence-electron chi connectivity index (χ0n) is 13.5. The Hall–Kier alpha value is -1.91. The van der Waals surface area contributed by atoms with Gasteiger partial charge in [-0.3, -0.25) is 4.79 Å². The first-order chi connectivity index (χ1) is 11.1. The predicted octanol–water partition coefficient (Wildman–Crippen LogP) is 4.15. The van der Waals surface area contributed by atoms with Crippen molar-refractivity contribution in [2.45, 2.75) is 51.5 Å². The van der Waals surface area contributed by atoms with Crippen molar-refractivity contribution in [3.8, 4) is 0 Å². The minimum absolute atomic E-state index is 0.0924. The molecule has 1 saturated carbocycles. The summed E-state index contributed by atoms with van der Waals surface area (Å²) in [6, 6.07) is 5.60. The SMILES string of the molecule is CCOC(=O)N[C@H](c1ccccc1F)[C@@H]1CCCCCCC1=O. The third-order valence-electron chi connectivity index (χ3n) is 4.29. The summed E-state index contributed by atoms with van der Waals surface area (Å²) in [6.07, 6.45) is 4.41. The summed E-state index contributed by atoms with van der Waals surface area (Å²) in [4.78, 5) is 24.4. The van der Waals surface area contributed by atoms with Gasteiger partial charge in [-0.2, -0.15) is 0 Å². The van der Waals surface area contributed by atoms with Crippen molar-refractivity contribution in [1.82, 2.24) is 5.32 Å². The Morgan fingerprint density at radius 2 is 2.04 bits per heavy atom. The van der Waals surface area contributed by atoms with E-state index in [1.54, 1.807) is 25.1 Å². The van der Waals surface area contributed by atoms with E-state index in [1.165, 1.54) is 6.07 Å². The predicted molar refractivity (Wildman–Crippen MR) is 85.5 cm³/mol. The molecule has 0 spiro atoms. The number of ether oxygens (including phenoxy) is 1. The van der Waals surface area contributed by atoms with Crippen LogP contribution in [0.3, 0.4) is 0 Å². The first-order valence-electron chi connectivity index (χ1n) is 8.34. The van der Waals surface area contributed by atoms with E-state index in [2.05, 4.69) is 5.32 Å². The third kappa shape index (κ3) is 4.78. The monoisotopic (exact) mass is 321 g/mol. The molecule has 23 heavy (non-hydrogen) atoms. The number of ketones is 1. The lowest BCUT2D eigenvalue weighted by Crippen LogP contribution is -2.38. The Morgan fingerprint density at radius 1 is 1.30 bits per heavy atom. The van der Waals surface area contributed by atoms with Crippen molar-refractivity contribution >= 4 is 11.9 Å². The number of halogens is 1. The van der Waals surface area contributed by atoms with Crippen LogP contribution >= 0.6 is 0 Å². The van der Waals surface area contributed by atoms with Crippen molar-refractivity contribution in [2.24, 2.45) is 5.92 Å². The highest BCUT2D eigenvalue weighted by Crippen LogP contribution is 2.32. The molecule has 1 aliphatic rings. The van der Waals surface area contributed by atoms with Gasteiger partial charge >= 0.3 is 6.09 Å². The molecule has 126 valence electrons. The largest absolute Gasteiger partial charge is 0.450 e. The maximum atomic E-state index is 14.2. The summed E-state index contributed by atoms with van der Waals surface area (Å²) < 4.78 is 19.2. The number of rotatable bonds is 4. The highest BCUT2D eigenvalue weighted by Gasteiger charge is 2.32. The van der Waals surface area contributed by atoms with E-state index in [-0.39, 0.29) is 12.4 Å². The number of carbonyl (C=O) groups excluding carboxylic acids is 2. The molecule has 0 aliphatic heterocycles. The van der Waals surface area contributed by atoms with Gasteiger partial charge in [0, 0.05) is 17.9 Å². The molecule has 1 N–H and O–H groups in total. The van der Waals surface area contributed by atoms with Gasteiger partial charge in [-0.05, 0) is 25.8 Å². The number of Topliss-reactive ketones (excluding diaryl/α,β-unsaturated/α-hetero) is 1. The van der Waals surface area contributed by atoms with E-state index in [1.807, 2.05) is 0 Å². The second-order valence-electron chi connectivity index (χ2n) is 5.89. The molecule has 0 radical (unpaired) electrons. The molecule has 2 atom stereocenters. The fraction of sp³-hybridized carbons (Fsp3) is 0.556.